The van der Waals surface area contributed by atoms with Crippen molar-refractivity contribution >= 4 is 16.7 Å². The van der Waals surface area contributed by atoms with E-state index in [1.165, 1.54) is 7.11 Å². The maximum absolute atomic E-state index is 15.0. The van der Waals surface area contributed by atoms with Gasteiger partial charge in [-0.2, -0.15) is 15.1 Å². The predicted molar refractivity (Wildman–Crippen MR) is 127 cm³/mol. The number of piperidine rings is 1. The van der Waals surface area contributed by atoms with Crippen LogP contribution in [0.3, 0.4) is 0 Å². The van der Waals surface area contributed by atoms with Crippen LogP contribution >= 0.6 is 0 Å². The largest absolute Gasteiger partial charge is 0.467 e. The molecule has 4 heterocycles. The summed E-state index contributed by atoms with van der Waals surface area (Å²) in [7, 11) is 3.50. The highest BCUT2D eigenvalue weighted by Gasteiger charge is 2.31. The first-order valence-electron chi connectivity index (χ1n) is 11.7. The van der Waals surface area contributed by atoms with Crippen molar-refractivity contribution in [3.05, 3.63) is 35.5 Å². The van der Waals surface area contributed by atoms with E-state index in [2.05, 4.69) is 32.1 Å². The number of rotatable bonds is 7. The Hall–Kier alpha value is -2.82. The van der Waals surface area contributed by atoms with Gasteiger partial charge in [0.05, 0.1) is 38.1 Å². The van der Waals surface area contributed by atoms with Gasteiger partial charge in [-0.15, -0.1) is 0 Å². The van der Waals surface area contributed by atoms with Crippen LogP contribution in [0.5, 0.6) is 6.01 Å². The Morgan fingerprint density at radius 2 is 1.94 bits per heavy atom. The average molecular weight is 471 g/mol. The first-order chi connectivity index (χ1) is 16.5. The third kappa shape index (κ3) is 4.33. The fourth-order valence-electron chi connectivity index (χ4n) is 4.91. The summed E-state index contributed by atoms with van der Waals surface area (Å²) in [5.41, 5.74) is 2.99. The van der Waals surface area contributed by atoms with E-state index in [9.17, 15) is 4.39 Å². The molecule has 0 bridgehead atoms. The lowest BCUT2D eigenvalue weighted by Gasteiger charge is -2.39. The van der Waals surface area contributed by atoms with Gasteiger partial charge >= 0.3 is 6.01 Å². The molecule has 2 aliphatic heterocycles. The standard InChI is InChI=1S/C24H31FN6O3/c1-15-8-16-11-26-31(21(16)9-19(15)18-4-5-29(2)14-20(18)25)23-10-22(27-24(28-23)33-3)30-12-17(13-30)34-7-6-32/h8-11,17-18,20,32H,4-7,12-14H2,1-3H3. The Balaban J connectivity index is 1.48. The number of aryl methyl sites for hydroxylation is 1. The molecule has 182 valence electrons. The van der Waals surface area contributed by atoms with Gasteiger partial charge in [0, 0.05) is 37.0 Å². The smallest absolute Gasteiger partial charge is 0.320 e. The number of halogens is 1. The number of benzene rings is 1. The van der Waals surface area contributed by atoms with Crippen LogP contribution in [0, 0.1) is 6.92 Å². The summed E-state index contributed by atoms with van der Waals surface area (Å²) in [5.74, 6) is 1.18. The van der Waals surface area contributed by atoms with E-state index in [1.807, 2.05) is 31.1 Å². The number of alkyl halides is 1. The van der Waals surface area contributed by atoms with E-state index in [0.717, 1.165) is 40.8 Å². The number of methoxy groups -OCH3 is 1. The number of aliphatic hydroxyl groups excluding tert-OH is 1. The van der Waals surface area contributed by atoms with Crippen molar-refractivity contribution in [2.45, 2.75) is 31.5 Å². The van der Waals surface area contributed by atoms with Gasteiger partial charge in [0.25, 0.3) is 0 Å². The predicted octanol–water partition coefficient (Wildman–Crippen LogP) is 2.09. The molecule has 2 unspecified atom stereocenters. The van der Waals surface area contributed by atoms with Crippen molar-refractivity contribution in [2.75, 3.05) is 58.5 Å². The zero-order valence-corrected chi connectivity index (χ0v) is 19.8. The highest BCUT2D eigenvalue weighted by atomic mass is 19.1. The van der Waals surface area contributed by atoms with E-state index in [0.29, 0.717) is 32.1 Å². The highest BCUT2D eigenvalue weighted by molar-refractivity contribution is 5.82. The Morgan fingerprint density at radius 1 is 1.15 bits per heavy atom. The molecule has 0 amide bonds. The summed E-state index contributed by atoms with van der Waals surface area (Å²) in [4.78, 5) is 13.1. The van der Waals surface area contributed by atoms with Crippen LogP contribution in [-0.4, -0.2) is 95.6 Å². The van der Waals surface area contributed by atoms with Crippen molar-refractivity contribution in [1.82, 2.24) is 24.6 Å². The topological polar surface area (TPSA) is 88.8 Å². The van der Waals surface area contributed by atoms with Gasteiger partial charge in [0.2, 0.25) is 0 Å². The minimum atomic E-state index is -0.899. The van der Waals surface area contributed by atoms with Crippen LogP contribution in [0.4, 0.5) is 10.2 Å². The molecule has 3 aromatic rings. The molecule has 2 aliphatic rings. The summed E-state index contributed by atoms with van der Waals surface area (Å²) >= 11 is 0. The molecule has 0 saturated carbocycles. The summed E-state index contributed by atoms with van der Waals surface area (Å²) in [6.07, 6.45) is 1.77. The average Bonchev–Trinajstić information content (AvgIpc) is 3.20. The quantitative estimate of drug-likeness (QED) is 0.562. The van der Waals surface area contributed by atoms with Crippen molar-refractivity contribution in [3.63, 3.8) is 0 Å². The van der Waals surface area contributed by atoms with Gasteiger partial charge in [0.15, 0.2) is 5.82 Å². The first kappa shape index (κ1) is 22.9. The Labute approximate surface area is 198 Å². The zero-order chi connectivity index (χ0) is 23.8. The molecule has 10 heteroatoms. The molecular weight excluding hydrogens is 439 g/mol. The fraction of sp³-hybridized carbons (Fsp3) is 0.542. The minimum Gasteiger partial charge on any atom is -0.467 e. The van der Waals surface area contributed by atoms with Gasteiger partial charge in [-0.05, 0) is 50.2 Å². The summed E-state index contributed by atoms with van der Waals surface area (Å²) < 4.78 is 27.7. The minimum absolute atomic E-state index is 0.0104. The number of hydrogen-bond acceptors (Lipinski definition) is 8. The van der Waals surface area contributed by atoms with Gasteiger partial charge in [0.1, 0.15) is 12.0 Å². The lowest BCUT2D eigenvalue weighted by molar-refractivity contribution is 0.0132. The number of fused-ring (bicyclic) bond motifs is 1. The van der Waals surface area contributed by atoms with Gasteiger partial charge < -0.3 is 24.4 Å². The van der Waals surface area contributed by atoms with E-state index in [4.69, 9.17) is 14.6 Å². The number of likely N-dealkylation sites (tertiary alicyclic amines) is 1. The molecule has 0 aliphatic carbocycles. The van der Waals surface area contributed by atoms with Crippen LogP contribution < -0.4 is 9.64 Å². The maximum Gasteiger partial charge on any atom is 0.320 e. The third-order valence-electron chi connectivity index (χ3n) is 6.79. The Kier molecular flexibility index (Phi) is 6.37. The summed E-state index contributed by atoms with van der Waals surface area (Å²) in [6.45, 7) is 5.07. The van der Waals surface area contributed by atoms with E-state index >= 15 is 0 Å². The van der Waals surface area contributed by atoms with Crippen molar-refractivity contribution in [2.24, 2.45) is 0 Å². The van der Waals surface area contributed by atoms with Gasteiger partial charge in [-0.1, -0.05) is 0 Å². The van der Waals surface area contributed by atoms with Gasteiger partial charge in [-0.3, -0.25) is 0 Å². The van der Waals surface area contributed by atoms with Crippen LogP contribution in [0.2, 0.25) is 0 Å². The summed E-state index contributed by atoms with van der Waals surface area (Å²) in [5, 5.41) is 14.5. The van der Waals surface area contributed by atoms with Crippen LogP contribution in [0.25, 0.3) is 16.7 Å². The number of hydrogen-bond donors (Lipinski definition) is 1. The molecule has 2 atom stereocenters. The van der Waals surface area contributed by atoms with Crippen LogP contribution in [0.15, 0.2) is 24.4 Å². The Bertz CT molecular complexity index is 1170. The number of nitrogens with zero attached hydrogens (tertiary/aromatic N) is 6. The lowest BCUT2D eigenvalue weighted by Crippen LogP contribution is -2.53. The van der Waals surface area contributed by atoms with Crippen LogP contribution in [-0.2, 0) is 4.74 Å². The first-order valence-corrected chi connectivity index (χ1v) is 11.7. The van der Waals surface area contributed by atoms with Crippen molar-refractivity contribution in [3.8, 4) is 11.8 Å². The van der Waals surface area contributed by atoms with E-state index < -0.39 is 6.17 Å². The Morgan fingerprint density at radius 3 is 2.68 bits per heavy atom. The van der Waals surface area contributed by atoms with Gasteiger partial charge in [-0.25, -0.2) is 9.07 Å². The van der Waals surface area contributed by atoms with Crippen LogP contribution in [0.1, 0.15) is 23.5 Å². The monoisotopic (exact) mass is 470 g/mol. The molecule has 1 N–H and O–H groups in total. The number of anilines is 1. The second-order valence-corrected chi connectivity index (χ2v) is 9.19. The number of ether oxygens (including phenoxy) is 2. The normalized spacial score (nSPS) is 21.7. The van der Waals surface area contributed by atoms with E-state index in [-0.39, 0.29) is 24.6 Å². The SMILES string of the molecule is COc1nc(N2CC(OCCO)C2)cc(-n2ncc3cc(C)c(C4CCN(C)CC4F)cc32)n1. The lowest BCUT2D eigenvalue weighted by atomic mass is 9.85. The second-order valence-electron chi connectivity index (χ2n) is 9.19. The van der Waals surface area contributed by atoms with Crippen molar-refractivity contribution < 1.29 is 19.0 Å². The molecule has 34 heavy (non-hydrogen) atoms. The van der Waals surface area contributed by atoms with E-state index in [1.54, 1.807) is 4.68 Å². The number of aliphatic hydroxyl groups is 1. The molecule has 9 nitrogen and oxygen atoms in total. The summed E-state index contributed by atoms with van der Waals surface area (Å²) in [6, 6.07) is 6.28. The number of aromatic nitrogens is 4. The fourth-order valence-corrected chi connectivity index (χ4v) is 4.91. The maximum atomic E-state index is 15.0. The molecule has 2 saturated heterocycles. The molecule has 2 aromatic heterocycles. The molecule has 0 radical (unpaired) electrons. The molecule has 2 fully saturated rings. The second kappa shape index (κ2) is 9.44. The molecule has 1 aromatic carbocycles. The zero-order valence-electron chi connectivity index (χ0n) is 19.8. The third-order valence-corrected chi connectivity index (χ3v) is 6.79. The molecule has 5 rings (SSSR count). The highest BCUT2D eigenvalue weighted by Crippen LogP contribution is 2.35. The molecule has 0 spiro atoms. The molecular formula is C24H31FN6O3. The van der Waals surface area contributed by atoms with Crippen molar-refractivity contribution in [1.29, 1.82) is 0 Å².